The molecule has 0 spiro atoms. The van der Waals surface area contributed by atoms with Crippen molar-refractivity contribution in [2.24, 2.45) is 11.3 Å². The molecule has 1 amide bonds. The van der Waals surface area contributed by atoms with Crippen molar-refractivity contribution >= 4 is 11.8 Å². The SMILES string of the molecule is CCC(CN(C)CC1(CO)COC1)c1ccc(C)c(N(CC(C)C)C(=O)OC(C)C)c1. The van der Waals surface area contributed by atoms with Gasteiger partial charge in [-0.2, -0.15) is 0 Å². The van der Waals surface area contributed by atoms with Crippen LogP contribution >= 0.6 is 0 Å². The van der Waals surface area contributed by atoms with Crippen molar-refractivity contribution in [1.29, 1.82) is 0 Å². The van der Waals surface area contributed by atoms with E-state index in [1.165, 1.54) is 5.56 Å². The van der Waals surface area contributed by atoms with Crippen LogP contribution in [0.2, 0.25) is 0 Å². The molecule has 2 rings (SSSR count). The fourth-order valence-corrected chi connectivity index (χ4v) is 4.18. The molecule has 1 aliphatic heterocycles. The smallest absolute Gasteiger partial charge is 0.414 e. The number of carbonyl (C=O) groups excluding carboxylic acids is 1. The number of benzene rings is 1. The van der Waals surface area contributed by atoms with Crippen molar-refractivity contribution in [1.82, 2.24) is 4.90 Å². The molecule has 1 atom stereocenters. The van der Waals surface area contributed by atoms with Gasteiger partial charge in [-0.3, -0.25) is 4.90 Å². The van der Waals surface area contributed by atoms with Crippen LogP contribution in [0.1, 0.15) is 58.1 Å². The summed E-state index contributed by atoms with van der Waals surface area (Å²) < 4.78 is 10.9. The Morgan fingerprint density at radius 2 is 1.90 bits per heavy atom. The molecule has 1 N–H and O–H groups in total. The second kappa shape index (κ2) is 11.3. The van der Waals surface area contributed by atoms with Crippen molar-refractivity contribution in [2.45, 2.75) is 60.0 Å². The Bertz CT molecular complexity index is 710. The van der Waals surface area contributed by atoms with Crippen LogP contribution in [0, 0.1) is 18.3 Å². The molecule has 6 heteroatoms. The quantitative estimate of drug-likeness (QED) is 0.558. The molecule has 6 nitrogen and oxygen atoms in total. The summed E-state index contributed by atoms with van der Waals surface area (Å²) in [4.78, 5) is 16.9. The summed E-state index contributed by atoms with van der Waals surface area (Å²) in [6.07, 6.45) is 0.553. The van der Waals surface area contributed by atoms with Crippen LogP contribution in [0.15, 0.2) is 18.2 Å². The van der Waals surface area contributed by atoms with Crippen molar-refractivity contribution in [3.63, 3.8) is 0 Å². The number of carbonyl (C=O) groups is 1. The third kappa shape index (κ3) is 6.93. The van der Waals surface area contributed by atoms with Crippen LogP contribution in [-0.2, 0) is 9.47 Å². The predicted octanol–water partition coefficient (Wildman–Crippen LogP) is 4.44. The van der Waals surface area contributed by atoms with Gasteiger partial charge in [-0.1, -0.05) is 32.9 Å². The molecule has 1 aliphatic rings. The highest BCUT2D eigenvalue weighted by Gasteiger charge is 2.39. The minimum Gasteiger partial charge on any atom is -0.446 e. The van der Waals surface area contributed by atoms with Crippen LogP contribution < -0.4 is 4.90 Å². The summed E-state index contributed by atoms with van der Waals surface area (Å²) in [5.74, 6) is 0.665. The zero-order chi connectivity index (χ0) is 23.2. The first-order valence-corrected chi connectivity index (χ1v) is 11.6. The summed E-state index contributed by atoms with van der Waals surface area (Å²) >= 11 is 0. The summed E-state index contributed by atoms with van der Waals surface area (Å²) in [5, 5.41) is 9.75. The van der Waals surface area contributed by atoms with Gasteiger partial charge < -0.3 is 19.5 Å². The maximum Gasteiger partial charge on any atom is 0.414 e. The number of rotatable bonds is 11. The lowest BCUT2D eigenvalue weighted by molar-refractivity contribution is -0.146. The van der Waals surface area contributed by atoms with Gasteiger partial charge in [0.05, 0.1) is 37.0 Å². The highest BCUT2D eigenvalue weighted by molar-refractivity contribution is 5.89. The molecule has 0 aromatic heterocycles. The summed E-state index contributed by atoms with van der Waals surface area (Å²) in [5.41, 5.74) is 3.10. The third-order valence-corrected chi connectivity index (χ3v) is 5.88. The normalized spacial score (nSPS) is 16.5. The number of amides is 1. The van der Waals surface area contributed by atoms with Crippen molar-refractivity contribution in [3.05, 3.63) is 29.3 Å². The van der Waals surface area contributed by atoms with Crippen molar-refractivity contribution in [2.75, 3.05) is 51.4 Å². The van der Waals surface area contributed by atoms with E-state index in [1.54, 1.807) is 4.90 Å². The lowest BCUT2D eigenvalue weighted by atomic mass is 9.86. The van der Waals surface area contributed by atoms with Gasteiger partial charge >= 0.3 is 6.09 Å². The average Bonchev–Trinajstić information content (AvgIpc) is 2.67. The largest absolute Gasteiger partial charge is 0.446 e. The summed E-state index contributed by atoms with van der Waals surface area (Å²) in [6.45, 7) is 16.0. The zero-order valence-electron chi connectivity index (χ0n) is 20.5. The number of aliphatic hydroxyl groups is 1. The van der Waals surface area contributed by atoms with E-state index < -0.39 is 0 Å². The Morgan fingerprint density at radius 1 is 1.23 bits per heavy atom. The molecule has 0 radical (unpaired) electrons. The lowest BCUT2D eigenvalue weighted by Gasteiger charge is -2.43. The predicted molar refractivity (Wildman–Crippen MR) is 126 cm³/mol. The van der Waals surface area contributed by atoms with E-state index in [9.17, 15) is 9.90 Å². The van der Waals surface area contributed by atoms with E-state index in [0.717, 1.165) is 30.8 Å². The Hall–Kier alpha value is -1.63. The lowest BCUT2D eigenvalue weighted by Crippen LogP contribution is -2.53. The van der Waals surface area contributed by atoms with E-state index in [-0.39, 0.29) is 24.2 Å². The molecule has 0 bridgehead atoms. The Balaban J connectivity index is 2.23. The van der Waals surface area contributed by atoms with Crippen LogP contribution in [0.3, 0.4) is 0 Å². The van der Waals surface area contributed by atoms with E-state index in [1.807, 2.05) is 20.8 Å². The molecule has 0 saturated carbocycles. The molecule has 1 heterocycles. The fourth-order valence-electron chi connectivity index (χ4n) is 4.18. The minimum absolute atomic E-state index is 0.125. The highest BCUT2D eigenvalue weighted by Crippen LogP contribution is 2.31. The Labute approximate surface area is 188 Å². The van der Waals surface area contributed by atoms with Crippen LogP contribution in [0.25, 0.3) is 0 Å². The van der Waals surface area contributed by atoms with Gasteiger partial charge in [0.25, 0.3) is 0 Å². The minimum atomic E-state index is -0.288. The molecule has 31 heavy (non-hydrogen) atoms. The fraction of sp³-hybridized carbons (Fsp3) is 0.720. The second-order valence-corrected chi connectivity index (χ2v) is 9.94. The first-order chi connectivity index (χ1) is 14.6. The van der Waals surface area contributed by atoms with Gasteiger partial charge in [0, 0.05) is 19.6 Å². The van der Waals surface area contributed by atoms with Crippen LogP contribution in [-0.4, -0.2) is 68.7 Å². The summed E-state index contributed by atoms with van der Waals surface area (Å²) in [6, 6.07) is 6.45. The molecule has 0 aliphatic carbocycles. The van der Waals surface area contributed by atoms with Gasteiger partial charge in [0.2, 0.25) is 0 Å². The monoisotopic (exact) mass is 434 g/mol. The van der Waals surface area contributed by atoms with E-state index >= 15 is 0 Å². The topological polar surface area (TPSA) is 62.2 Å². The molecule has 1 aromatic rings. The van der Waals surface area contributed by atoms with E-state index in [2.05, 4.69) is 50.9 Å². The molecule has 176 valence electrons. The number of hydrogen-bond donors (Lipinski definition) is 1. The number of aryl methyl sites for hydroxylation is 1. The molecule has 1 unspecified atom stereocenters. The van der Waals surface area contributed by atoms with Crippen molar-refractivity contribution in [3.8, 4) is 0 Å². The van der Waals surface area contributed by atoms with E-state index in [0.29, 0.717) is 31.6 Å². The molecular weight excluding hydrogens is 392 g/mol. The first-order valence-electron chi connectivity index (χ1n) is 11.6. The second-order valence-electron chi connectivity index (χ2n) is 9.94. The van der Waals surface area contributed by atoms with Gasteiger partial charge in [-0.05, 0) is 63.3 Å². The molecule has 1 aromatic carbocycles. The standard InChI is InChI=1S/C25H42N2O4/c1-8-21(13-26(7)14-25(15-28)16-30-17-25)22-10-9-20(6)23(11-22)27(12-18(2)3)24(29)31-19(4)5/h9-11,18-19,21,28H,8,12-17H2,1-7H3. The van der Waals surface area contributed by atoms with Crippen LogP contribution in [0.4, 0.5) is 10.5 Å². The number of anilines is 1. The third-order valence-electron chi connectivity index (χ3n) is 5.88. The molecule has 1 fully saturated rings. The van der Waals surface area contributed by atoms with Gasteiger partial charge in [-0.25, -0.2) is 4.79 Å². The Morgan fingerprint density at radius 3 is 2.39 bits per heavy atom. The van der Waals surface area contributed by atoms with Crippen LogP contribution in [0.5, 0.6) is 0 Å². The highest BCUT2D eigenvalue weighted by atomic mass is 16.6. The first kappa shape index (κ1) is 25.6. The number of aliphatic hydroxyl groups excluding tert-OH is 1. The number of hydrogen-bond acceptors (Lipinski definition) is 5. The van der Waals surface area contributed by atoms with Gasteiger partial charge in [-0.15, -0.1) is 0 Å². The van der Waals surface area contributed by atoms with Gasteiger partial charge in [0.15, 0.2) is 0 Å². The number of nitrogens with zero attached hydrogens (tertiary/aromatic N) is 2. The number of likely N-dealkylation sites (N-methyl/N-ethyl adjacent to an activating group) is 1. The zero-order valence-corrected chi connectivity index (χ0v) is 20.5. The average molecular weight is 435 g/mol. The van der Waals surface area contributed by atoms with E-state index in [4.69, 9.17) is 9.47 Å². The Kier molecular flexibility index (Phi) is 9.34. The molecular formula is C25H42N2O4. The maximum atomic E-state index is 12.9. The van der Waals surface area contributed by atoms with Crippen molar-refractivity contribution < 1.29 is 19.4 Å². The number of ether oxygens (including phenoxy) is 2. The molecule has 1 saturated heterocycles. The summed E-state index contributed by atoms with van der Waals surface area (Å²) in [7, 11) is 2.11. The maximum absolute atomic E-state index is 12.9. The van der Waals surface area contributed by atoms with Gasteiger partial charge in [0.1, 0.15) is 0 Å².